The van der Waals surface area contributed by atoms with Crippen molar-refractivity contribution in [1.82, 2.24) is 5.32 Å². The number of carbonyl (C=O) groups is 1. The van der Waals surface area contributed by atoms with Crippen LogP contribution in [0.2, 0.25) is 0 Å². The van der Waals surface area contributed by atoms with Gasteiger partial charge in [-0.05, 0) is 36.2 Å². The molecule has 2 aromatic rings. The number of benzene rings is 2. The van der Waals surface area contributed by atoms with Gasteiger partial charge < -0.3 is 14.8 Å². The second-order valence-electron chi connectivity index (χ2n) is 5.60. The van der Waals surface area contributed by atoms with Crippen molar-refractivity contribution in [1.29, 1.82) is 0 Å². The summed E-state index contributed by atoms with van der Waals surface area (Å²) in [5.41, 5.74) is 2.76. The first kappa shape index (κ1) is 15.4. The Morgan fingerprint density at radius 2 is 2.13 bits per heavy atom. The molecule has 0 aromatic heterocycles. The van der Waals surface area contributed by atoms with E-state index in [9.17, 15) is 4.79 Å². The van der Waals surface area contributed by atoms with Crippen LogP contribution in [-0.4, -0.2) is 19.6 Å². The number of hydrogen-bond acceptors (Lipinski definition) is 3. The monoisotopic (exact) mass is 311 g/mol. The lowest BCUT2D eigenvalue weighted by Crippen LogP contribution is -2.28. The molecular formula is C19H21NO3. The molecule has 120 valence electrons. The topological polar surface area (TPSA) is 47.6 Å². The highest BCUT2D eigenvalue weighted by atomic mass is 16.5. The predicted molar refractivity (Wildman–Crippen MR) is 89.1 cm³/mol. The number of rotatable bonds is 5. The molecule has 1 aliphatic heterocycles. The van der Waals surface area contributed by atoms with Crippen LogP contribution in [0.3, 0.4) is 0 Å². The Bertz CT molecular complexity index is 712. The van der Waals surface area contributed by atoms with Gasteiger partial charge in [0.1, 0.15) is 11.5 Å². The summed E-state index contributed by atoms with van der Waals surface area (Å²) >= 11 is 0. The minimum atomic E-state index is -0.0804. The molecule has 0 aliphatic carbocycles. The first-order valence-electron chi connectivity index (χ1n) is 7.92. The van der Waals surface area contributed by atoms with Crippen LogP contribution in [0.15, 0.2) is 42.5 Å². The number of carbonyl (C=O) groups excluding carboxylic acids is 1. The van der Waals surface area contributed by atoms with Crippen LogP contribution in [0.1, 0.15) is 40.9 Å². The lowest BCUT2D eigenvalue weighted by atomic mass is 10.0. The average molecular weight is 311 g/mol. The molecule has 1 N–H and O–H groups in total. The summed E-state index contributed by atoms with van der Waals surface area (Å²) in [4.78, 5) is 12.6. The molecular weight excluding hydrogens is 290 g/mol. The van der Waals surface area contributed by atoms with Crippen molar-refractivity contribution in [2.75, 3.05) is 13.7 Å². The van der Waals surface area contributed by atoms with Crippen molar-refractivity contribution < 1.29 is 14.3 Å². The first-order valence-corrected chi connectivity index (χ1v) is 7.92. The van der Waals surface area contributed by atoms with E-state index in [4.69, 9.17) is 9.47 Å². The first-order chi connectivity index (χ1) is 11.2. The van der Waals surface area contributed by atoms with E-state index in [1.165, 1.54) is 0 Å². The summed E-state index contributed by atoms with van der Waals surface area (Å²) in [5, 5.41) is 3.11. The van der Waals surface area contributed by atoms with Gasteiger partial charge in [-0.25, -0.2) is 0 Å². The van der Waals surface area contributed by atoms with E-state index in [1.807, 2.05) is 49.4 Å². The number of hydrogen-bond donors (Lipinski definition) is 1. The second-order valence-corrected chi connectivity index (χ2v) is 5.60. The van der Waals surface area contributed by atoms with Gasteiger partial charge in [-0.3, -0.25) is 4.79 Å². The number of nitrogens with one attached hydrogen (secondary N) is 1. The van der Waals surface area contributed by atoms with Crippen molar-refractivity contribution in [3.8, 4) is 11.5 Å². The van der Waals surface area contributed by atoms with E-state index in [0.29, 0.717) is 12.2 Å². The third kappa shape index (κ3) is 3.16. The minimum absolute atomic E-state index is 0.0718. The summed E-state index contributed by atoms with van der Waals surface area (Å²) < 4.78 is 10.9. The predicted octanol–water partition coefficient (Wildman–Crippen LogP) is 3.51. The fourth-order valence-electron chi connectivity index (χ4n) is 2.92. The second kappa shape index (κ2) is 6.73. The van der Waals surface area contributed by atoms with Crippen LogP contribution in [-0.2, 0) is 6.42 Å². The average Bonchev–Trinajstić information content (AvgIpc) is 3.07. The number of ether oxygens (including phenoxy) is 2. The van der Waals surface area contributed by atoms with Gasteiger partial charge >= 0.3 is 0 Å². The number of amides is 1. The van der Waals surface area contributed by atoms with E-state index >= 15 is 0 Å². The highest BCUT2D eigenvalue weighted by molar-refractivity contribution is 5.95. The maximum Gasteiger partial charge on any atom is 0.251 e. The molecule has 0 saturated heterocycles. The maximum absolute atomic E-state index is 12.6. The smallest absolute Gasteiger partial charge is 0.251 e. The van der Waals surface area contributed by atoms with Crippen molar-refractivity contribution in [2.24, 2.45) is 0 Å². The van der Waals surface area contributed by atoms with Crippen LogP contribution >= 0.6 is 0 Å². The summed E-state index contributed by atoms with van der Waals surface area (Å²) in [5.74, 6) is 1.61. The molecule has 2 aromatic carbocycles. The van der Waals surface area contributed by atoms with Gasteiger partial charge in [-0.1, -0.05) is 25.1 Å². The number of methoxy groups -OCH3 is 1. The molecule has 1 heterocycles. The third-order valence-corrected chi connectivity index (χ3v) is 4.18. The Hall–Kier alpha value is -2.49. The molecule has 0 radical (unpaired) electrons. The summed E-state index contributed by atoms with van der Waals surface area (Å²) in [6.45, 7) is 2.74. The molecule has 0 saturated carbocycles. The molecule has 0 fully saturated rings. The van der Waals surface area contributed by atoms with Crippen molar-refractivity contribution in [3.63, 3.8) is 0 Å². The SMILES string of the molecule is CCC(NC(=O)c1ccc2c(c1)CCO2)c1ccccc1OC. The van der Waals surface area contributed by atoms with Crippen LogP contribution in [0.4, 0.5) is 0 Å². The Morgan fingerprint density at radius 1 is 1.30 bits per heavy atom. The maximum atomic E-state index is 12.6. The van der Waals surface area contributed by atoms with Gasteiger partial charge in [0.2, 0.25) is 0 Å². The fraction of sp³-hybridized carbons (Fsp3) is 0.316. The van der Waals surface area contributed by atoms with Gasteiger partial charge in [-0.2, -0.15) is 0 Å². The highest BCUT2D eigenvalue weighted by Crippen LogP contribution is 2.28. The Labute approximate surface area is 136 Å². The summed E-state index contributed by atoms with van der Waals surface area (Å²) in [7, 11) is 1.65. The fourth-order valence-corrected chi connectivity index (χ4v) is 2.92. The molecule has 0 bridgehead atoms. The number of fused-ring (bicyclic) bond motifs is 1. The van der Waals surface area contributed by atoms with E-state index in [0.717, 1.165) is 35.5 Å². The molecule has 1 unspecified atom stereocenters. The molecule has 1 atom stereocenters. The zero-order chi connectivity index (χ0) is 16.2. The summed E-state index contributed by atoms with van der Waals surface area (Å²) in [6, 6.07) is 13.3. The van der Waals surface area contributed by atoms with Gasteiger partial charge in [-0.15, -0.1) is 0 Å². The third-order valence-electron chi connectivity index (χ3n) is 4.18. The van der Waals surface area contributed by atoms with E-state index in [1.54, 1.807) is 7.11 Å². The number of para-hydroxylation sites is 1. The quantitative estimate of drug-likeness (QED) is 0.919. The molecule has 4 heteroatoms. The van der Waals surface area contributed by atoms with Crippen LogP contribution in [0.5, 0.6) is 11.5 Å². The molecule has 1 amide bonds. The Morgan fingerprint density at radius 3 is 2.91 bits per heavy atom. The zero-order valence-electron chi connectivity index (χ0n) is 13.5. The van der Waals surface area contributed by atoms with E-state index in [-0.39, 0.29) is 11.9 Å². The Balaban J connectivity index is 1.80. The Kier molecular flexibility index (Phi) is 4.51. The van der Waals surface area contributed by atoms with Crippen molar-refractivity contribution in [3.05, 3.63) is 59.2 Å². The minimum Gasteiger partial charge on any atom is -0.496 e. The van der Waals surface area contributed by atoms with Crippen molar-refractivity contribution >= 4 is 5.91 Å². The lowest BCUT2D eigenvalue weighted by Gasteiger charge is -2.20. The molecule has 4 nitrogen and oxygen atoms in total. The molecule has 0 spiro atoms. The molecule has 3 rings (SSSR count). The van der Waals surface area contributed by atoms with E-state index < -0.39 is 0 Å². The van der Waals surface area contributed by atoms with Gasteiger partial charge in [0.05, 0.1) is 19.8 Å². The van der Waals surface area contributed by atoms with Crippen LogP contribution < -0.4 is 14.8 Å². The normalized spacial score (nSPS) is 13.8. The van der Waals surface area contributed by atoms with E-state index in [2.05, 4.69) is 5.32 Å². The lowest BCUT2D eigenvalue weighted by molar-refractivity contribution is 0.0935. The van der Waals surface area contributed by atoms with Crippen LogP contribution in [0, 0.1) is 0 Å². The summed E-state index contributed by atoms with van der Waals surface area (Å²) in [6.07, 6.45) is 1.65. The van der Waals surface area contributed by atoms with Gasteiger partial charge in [0.15, 0.2) is 0 Å². The molecule has 1 aliphatic rings. The van der Waals surface area contributed by atoms with Crippen molar-refractivity contribution in [2.45, 2.75) is 25.8 Å². The standard InChI is InChI=1S/C19H21NO3/c1-3-16(15-6-4-5-7-18(15)22-2)20-19(21)14-8-9-17-13(12-14)10-11-23-17/h4-9,12,16H,3,10-11H2,1-2H3,(H,20,21). The van der Waals surface area contributed by atoms with Gasteiger partial charge in [0, 0.05) is 17.5 Å². The van der Waals surface area contributed by atoms with Crippen LogP contribution in [0.25, 0.3) is 0 Å². The largest absolute Gasteiger partial charge is 0.496 e. The molecule has 23 heavy (non-hydrogen) atoms. The highest BCUT2D eigenvalue weighted by Gasteiger charge is 2.19. The zero-order valence-corrected chi connectivity index (χ0v) is 13.5. The van der Waals surface area contributed by atoms with Gasteiger partial charge in [0.25, 0.3) is 5.91 Å².